The summed E-state index contributed by atoms with van der Waals surface area (Å²) < 4.78 is 7.67. The van der Waals surface area contributed by atoms with E-state index >= 15 is 0 Å². The Morgan fingerprint density at radius 2 is 2.00 bits per heavy atom. The number of hydrogen-bond donors (Lipinski definition) is 2. The summed E-state index contributed by atoms with van der Waals surface area (Å²) in [5, 5.41) is 14.8. The Labute approximate surface area is 196 Å². The number of aromatic nitrogens is 3. The van der Waals surface area contributed by atoms with Crippen molar-refractivity contribution in [1.82, 2.24) is 20.1 Å². The van der Waals surface area contributed by atoms with Crippen LogP contribution in [0.3, 0.4) is 0 Å². The lowest BCUT2D eigenvalue weighted by Crippen LogP contribution is -2.24. The predicted molar refractivity (Wildman–Crippen MR) is 124 cm³/mol. The van der Waals surface area contributed by atoms with Crippen molar-refractivity contribution in [2.45, 2.75) is 11.7 Å². The number of thioether (sulfide) groups is 1. The molecule has 0 saturated heterocycles. The molecular formula is C20H19BrClN5O3S. The number of nitrogens with one attached hydrogen (secondary N) is 2. The van der Waals surface area contributed by atoms with Crippen molar-refractivity contribution in [2.75, 3.05) is 18.2 Å². The number of ether oxygens (including phenoxy) is 1. The van der Waals surface area contributed by atoms with Gasteiger partial charge in [0.15, 0.2) is 11.0 Å². The monoisotopic (exact) mass is 523 g/mol. The van der Waals surface area contributed by atoms with Crippen LogP contribution in [-0.4, -0.2) is 39.4 Å². The summed E-state index contributed by atoms with van der Waals surface area (Å²) in [6.45, 7) is 0.205. The van der Waals surface area contributed by atoms with Crippen molar-refractivity contribution >= 4 is 56.8 Å². The molecule has 0 radical (unpaired) electrons. The molecule has 2 N–H and O–H groups in total. The molecule has 1 heterocycles. The Morgan fingerprint density at radius 3 is 2.74 bits per heavy atom. The van der Waals surface area contributed by atoms with Crippen LogP contribution in [0.4, 0.5) is 5.69 Å². The van der Waals surface area contributed by atoms with Gasteiger partial charge in [-0.1, -0.05) is 35.5 Å². The highest BCUT2D eigenvalue weighted by atomic mass is 79.9. The quantitative estimate of drug-likeness (QED) is 0.434. The number of anilines is 1. The SMILES string of the molecule is COc1ccc(Cl)cc1NC(=O)CSc1nnc(CNC(=O)c2ccccc2Br)n1C. The highest BCUT2D eigenvalue weighted by molar-refractivity contribution is 9.10. The second-order valence-corrected chi connectivity index (χ2v) is 8.54. The Morgan fingerprint density at radius 1 is 1.23 bits per heavy atom. The second-order valence-electron chi connectivity index (χ2n) is 6.30. The van der Waals surface area contributed by atoms with Crippen LogP contribution in [0.2, 0.25) is 5.02 Å². The Kier molecular flexibility index (Phi) is 7.94. The first kappa shape index (κ1) is 23.1. The molecule has 31 heavy (non-hydrogen) atoms. The van der Waals surface area contributed by atoms with Gasteiger partial charge in [0.2, 0.25) is 5.91 Å². The number of rotatable bonds is 8. The first-order valence-corrected chi connectivity index (χ1v) is 11.2. The normalized spacial score (nSPS) is 10.6. The van der Waals surface area contributed by atoms with E-state index in [1.54, 1.807) is 48.0 Å². The maximum absolute atomic E-state index is 12.3. The third-order valence-electron chi connectivity index (χ3n) is 4.22. The largest absolute Gasteiger partial charge is 0.495 e. The molecule has 0 aliphatic rings. The molecule has 8 nitrogen and oxygen atoms in total. The van der Waals surface area contributed by atoms with Crippen LogP contribution in [0, 0.1) is 0 Å². The van der Waals surface area contributed by atoms with Gasteiger partial charge in [-0.05, 0) is 46.3 Å². The van der Waals surface area contributed by atoms with E-state index in [1.165, 1.54) is 18.9 Å². The van der Waals surface area contributed by atoms with Gasteiger partial charge < -0.3 is 19.9 Å². The van der Waals surface area contributed by atoms with Gasteiger partial charge in [-0.3, -0.25) is 9.59 Å². The van der Waals surface area contributed by atoms with E-state index in [9.17, 15) is 9.59 Å². The molecule has 0 bridgehead atoms. The fraction of sp³-hybridized carbons (Fsp3) is 0.200. The van der Waals surface area contributed by atoms with Crippen molar-refractivity contribution in [3.05, 3.63) is 63.3 Å². The third-order valence-corrected chi connectivity index (χ3v) is 6.17. The molecule has 0 aliphatic carbocycles. The zero-order chi connectivity index (χ0) is 22.4. The van der Waals surface area contributed by atoms with Gasteiger partial charge in [-0.15, -0.1) is 10.2 Å². The van der Waals surface area contributed by atoms with Crippen LogP contribution < -0.4 is 15.4 Å². The van der Waals surface area contributed by atoms with E-state index in [0.29, 0.717) is 37.5 Å². The minimum Gasteiger partial charge on any atom is -0.495 e. The predicted octanol–water partition coefficient (Wildman–Crippen LogP) is 3.90. The van der Waals surface area contributed by atoms with Crippen molar-refractivity contribution in [2.24, 2.45) is 7.05 Å². The second kappa shape index (κ2) is 10.7. The molecule has 0 saturated carbocycles. The lowest BCUT2D eigenvalue weighted by Gasteiger charge is -2.10. The minimum absolute atomic E-state index is 0.116. The highest BCUT2D eigenvalue weighted by Crippen LogP contribution is 2.28. The Balaban J connectivity index is 1.56. The maximum Gasteiger partial charge on any atom is 0.252 e. The van der Waals surface area contributed by atoms with E-state index in [4.69, 9.17) is 16.3 Å². The lowest BCUT2D eigenvalue weighted by atomic mass is 10.2. The van der Waals surface area contributed by atoms with E-state index in [-0.39, 0.29) is 24.1 Å². The smallest absolute Gasteiger partial charge is 0.252 e. The standard InChI is InChI=1S/C20H19BrClN5O3S/c1-27-17(10-23-19(29)13-5-3-4-6-14(13)21)25-26-20(27)31-11-18(28)24-15-9-12(22)7-8-16(15)30-2/h3-9H,10-11H2,1-2H3,(H,23,29)(H,24,28). The number of benzene rings is 2. The summed E-state index contributed by atoms with van der Waals surface area (Å²) in [7, 11) is 3.30. The molecule has 162 valence electrons. The number of nitrogens with zero attached hydrogens (tertiary/aromatic N) is 3. The lowest BCUT2D eigenvalue weighted by molar-refractivity contribution is -0.113. The summed E-state index contributed by atoms with van der Waals surface area (Å²) >= 11 is 10.6. The summed E-state index contributed by atoms with van der Waals surface area (Å²) in [6.07, 6.45) is 0. The minimum atomic E-state index is -0.239. The van der Waals surface area contributed by atoms with E-state index in [2.05, 4.69) is 36.8 Å². The molecule has 3 aromatic rings. The van der Waals surface area contributed by atoms with Crippen molar-refractivity contribution < 1.29 is 14.3 Å². The summed E-state index contributed by atoms with van der Waals surface area (Å²) in [4.78, 5) is 24.7. The fourth-order valence-corrected chi connectivity index (χ4v) is 3.99. The average Bonchev–Trinajstić information content (AvgIpc) is 3.10. The number of halogens is 2. The molecule has 2 aromatic carbocycles. The van der Waals surface area contributed by atoms with E-state index < -0.39 is 0 Å². The third kappa shape index (κ3) is 5.99. The van der Waals surface area contributed by atoms with Crippen LogP contribution >= 0.6 is 39.3 Å². The number of hydrogen-bond acceptors (Lipinski definition) is 6. The van der Waals surface area contributed by atoms with Crippen LogP contribution in [-0.2, 0) is 18.4 Å². The molecule has 0 aliphatic heterocycles. The first-order valence-electron chi connectivity index (χ1n) is 9.06. The van der Waals surface area contributed by atoms with Gasteiger partial charge in [0, 0.05) is 16.5 Å². The number of carbonyl (C=O) groups is 2. The van der Waals surface area contributed by atoms with Crippen molar-refractivity contribution in [3.8, 4) is 5.75 Å². The summed E-state index contributed by atoms with van der Waals surface area (Å²) in [6, 6.07) is 12.1. The molecular weight excluding hydrogens is 506 g/mol. The first-order chi connectivity index (χ1) is 14.9. The number of methoxy groups -OCH3 is 1. The van der Waals surface area contributed by atoms with Crippen molar-refractivity contribution in [3.63, 3.8) is 0 Å². The van der Waals surface area contributed by atoms with Gasteiger partial charge in [0.1, 0.15) is 5.75 Å². The van der Waals surface area contributed by atoms with Gasteiger partial charge in [-0.2, -0.15) is 0 Å². The van der Waals surface area contributed by atoms with Gasteiger partial charge in [-0.25, -0.2) is 0 Å². The van der Waals surface area contributed by atoms with Gasteiger partial charge in [0.05, 0.1) is 30.7 Å². The molecule has 0 spiro atoms. The zero-order valence-electron chi connectivity index (χ0n) is 16.7. The fourth-order valence-electron chi connectivity index (χ4n) is 2.62. The summed E-state index contributed by atoms with van der Waals surface area (Å²) in [5.74, 6) is 0.742. The van der Waals surface area contributed by atoms with Crippen LogP contribution in [0.25, 0.3) is 0 Å². The molecule has 3 rings (SSSR count). The molecule has 0 atom stereocenters. The van der Waals surface area contributed by atoms with Crippen molar-refractivity contribution in [1.29, 1.82) is 0 Å². The topological polar surface area (TPSA) is 98.1 Å². The van der Waals surface area contributed by atoms with Gasteiger partial charge >= 0.3 is 0 Å². The zero-order valence-corrected chi connectivity index (χ0v) is 19.8. The summed E-state index contributed by atoms with van der Waals surface area (Å²) in [5.41, 5.74) is 1.03. The van der Waals surface area contributed by atoms with Crippen LogP contribution in [0.15, 0.2) is 52.1 Å². The molecule has 11 heteroatoms. The van der Waals surface area contributed by atoms with Gasteiger partial charge in [0.25, 0.3) is 5.91 Å². The number of amides is 2. The number of carbonyl (C=O) groups excluding carboxylic acids is 2. The molecule has 0 unspecified atom stereocenters. The molecule has 2 amide bonds. The highest BCUT2D eigenvalue weighted by Gasteiger charge is 2.15. The Hall–Kier alpha value is -2.56. The average molecular weight is 525 g/mol. The molecule has 1 aromatic heterocycles. The van der Waals surface area contributed by atoms with E-state index in [0.717, 1.165) is 0 Å². The van der Waals surface area contributed by atoms with Crippen LogP contribution in [0.1, 0.15) is 16.2 Å². The molecule has 0 fully saturated rings. The van der Waals surface area contributed by atoms with E-state index in [1.807, 2.05) is 6.07 Å². The maximum atomic E-state index is 12.3. The van der Waals surface area contributed by atoms with Crippen LogP contribution in [0.5, 0.6) is 5.75 Å². The Bertz CT molecular complexity index is 1110.